The summed E-state index contributed by atoms with van der Waals surface area (Å²) in [4.78, 5) is 14.1. The molecule has 1 aliphatic carbocycles. The van der Waals surface area contributed by atoms with Crippen LogP contribution in [0.1, 0.15) is 81.0 Å². The number of halogens is 3. The van der Waals surface area contributed by atoms with Gasteiger partial charge < -0.3 is 10.0 Å². The number of nitrogens with zero attached hydrogens (tertiary/aromatic N) is 1. The van der Waals surface area contributed by atoms with E-state index in [0.29, 0.717) is 5.92 Å². The summed E-state index contributed by atoms with van der Waals surface area (Å²) < 4.78 is 39.7. The van der Waals surface area contributed by atoms with E-state index < -0.39 is 17.7 Å². The number of carboxylic acid groups (broad SMARTS) is 1. The van der Waals surface area contributed by atoms with Crippen molar-refractivity contribution in [2.75, 3.05) is 6.54 Å². The van der Waals surface area contributed by atoms with Crippen molar-refractivity contribution in [2.45, 2.75) is 70.5 Å². The molecule has 188 valence electrons. The molecule has 4 rings (SSSR count). The Bertz CT molecular complexity index is 1040. The Hall–Kier alpha value is -2.76. The normalized spacial score (nSPS) is 21.4. The molecule has 1 aliphatic heterocycles. The second-order valence-corrected chi connectivity index (χ2v) is 10.3. The Balaban J connectivity index is 1.77. The molecule has 2 unspecified atom stereocenters. The maximum Gasteiger partial charge on any atom is 0.416 e. The molecule has 2 aromatic rings. The summed E-state index contributed by atoms with van der Waals surface area (Å²) in [7, 11) is 0. The van der Waals surface area contributed by atoms with E-state index >= 15 is 0 Å². The Morgan fingerprint density at radius 2 is 1.74 bits per heavy atom. The zero-order chi connectivity index (χ0) is 25.2. The monoisotopic (exact) mass is 485 g/mol. The third kappa shape index (κ3) is 5.74. The number of allylic oxidation sites excluding steroid dienone is 1. The number of alkyl halides is 3. The van der Waals surface area contributed by atoms with E-state index in [2.05, 4.69) is 30.9 Å². The van der Waals surface area contributed by atoms with Crippen molar-refractivity contribution in [1.82, 2.24) is 4.90 Å². The first-order chi connectivity index (χ1) is 16.6. The molecule has 0 saturated heterocycles. The summed E-state index contributed by atoms with van der Waals surface area (Å²) in [6.45, 7) is 5.03. The van der Waals surface area contributed by atoms with Gasteiger partial charge in [-0.3, -0.25) is 4.79 Å². The first-order valence-corrected chi connectivity index (χ1v) is 12.6. The molecule has 0 saturated carbocycles. The summed E-state index contributed by atoms with van der Waals surface area (Å²) in [6.07, 6.45) is 0.180. The van der Waals surface area contributed by atoms with E-state index in [4.69, 9.17) is 0 Å². The minimum atomic E-state index is -4.37. The number of carbonyl (C=O) groups is 1. The van der Waals surface area contributed by atoms with Gasteiger partial charge in [-0.2, -0.15) is 13.2 Å². The number of hydrogen-bond acceptors (Lipinski definition) is 2. The molecule has 0 spiro atoms. The van der Waals surface area contributed by atoms with Crippen LogP contribution < -0.4 is 0 Å². The lowest BCUT2D eigenvalue weighted by molar-refractivity contribution is -0.138. The highest BCUT2D eigenvalue weighted by Crippen LogP contribution is 2.50. The molecular formula is C29H34F3NO2. The lowest BCUT2D eigenvalue weighted by Crippen LogP contribution is -2.31. The van der Waals surface area contributed by atoms with Gasteiger partial charge in [-0.1, -0.05) is 56.3 Å². The van der Waals surface area contributed by atoms with E-state index in [1.165, 1.54) is 23.3 Å². The van der Waals surface area contributed by atoms with Crippen LogP contribution in [0.3, 0.4) is 0 Å². The quantitative estimate of drug-likeness (QED) is 0.414. The lowest BCUT2D eigenvalue weighted by atomic mass is 9.80. The van der Waals surface area contributed by atoms with Crippen molar-refractivity contribution in [3.63, 3.8) is 0 Å². The minimum absolute atomic E-state index is 0.0686. The van der Waals surface area contributed by atoms with Gasteiger partial charge in [0.15, 0.2) is 0 Å². The smallest absolute Gasteiger partial charge is 0.416 e. The second-order valence-electron chi connectivity index (χ2n) is 10.3. The second kappa shape index (κ2) is 10.5. The number of rotatable bonds is 8. The van der Waals surface area contributed by atoms with Gasteiger partial charge in [0.25, 0.3) is 0 Å². The fraction of sp³-hybridized carbons (Fsp3) is 0.483. The van der Waals surface area contributed by atoms with Gasteiger partial charge >= 0.3 is 12.1 Å². The number of carboxylic acids is 1. The molecule has 6 heteroatoms. The Morgan fingerprint density at radius 3 is 2.34 bits per heavy atom. The highest BCUT2D eigenvalue weighted by molar-refractivity contribution is 5.68. The van der Waals surface area contributed by atoms with Crippen LogP contribution in [0.15, 0.2) is 65.9 Å². The van der Waals surface area contributed by atoms with Crippen molar-refractivity contribution in [3.05, 3.63) is 82.6 Å². The fourth-order valence-corrected chi connectivity index (χ4v) is 5.83. The summed E-state index contributed by atoms with van der Waals surface area (Å²) in [6, 6.07) is 15.8. The fourth-order valence-electron chi connectivity index (χ4n) is 5.83. The summed E-state index contributed by atoms with van der Waals surface area (Å²) in [5.74, 6) is -0.242. The van der Waals surface area contributed by atoms with Crippen LogP contribution in [0.4, 0.5) is 13.2 Å². The lowest BCUT2D eigenvalue weighted by Gasteiger charge is -2.38. The molecule has 0 fully saturated rings. The van der Waals surface area contributed by atoms with Crippen LogP contribution in [-0.2, 0) is 11.0 Å². The van der Waals surface area contributed by atoms with Crippen LogP contribution in [0, 0.1) is 11.8 Å². The van der Waals surface area contributed by atoms with E-state index in [-0.39, 0.29) is 24.3 Å². The predicted molar refractivity (Wildman–Crippen MR) is 131 cm³/mol. The van der Waals surface area contributed by atoms with Gasteiger partial charge in [0.2, 0.25) is 0 Å². The van der Waals surface area contributed by atoms with Crippen LogP contribution >= 0.6 is 0 Å². The molecule has 0 aromatic heterocycles. The van der Waals surface area contributed by atoms with Crippen LogP contribution in [0.5, 0.6) is 0 Å². The number of aliphatic carboxylic acids is 1. The van der Waals surface area contributed by atoms with E-state index in [1.54, 1.807) is 12.1 Å². The molecule has 1 N–H and O–H groups in total. The maximum absolute atomic E-state index is 13.2. The molecular weight excluding hydrogens is 451 g/mol. The molecule has 0 amide bonds. The molecule has 35 heavy (non-hydrogen) atoms. The van der Waals surface area contributed by atoms with Crippen molar-refractivity contribution in [1.29, 1.82) is 0 Å². The topological polar surface area (TPSA) is 40.5 Å². The standard InChI is InChI=1S/C29H34F3NO2/c1-19(2)11-16-26(21-12-14-23(15-13-21)29(30,31)32)33-18-25(20-7-4-3-5-8-20)24-10-6-9-22(28(24)33)17-27(34)35/h3-5,7-8,12-15,19,22,25-26H,6,9-11,16-18H2,1-2H3,(H,34,35)/t22?,25?,26-/m0/s1. The molecule has 3 nitrogen and oxygen atoms in total. The average molecular weight is 486 g/mol. The van der Waals surface area contributed by atoms with Crippen LogP contribution in [-0.4, -0.2) is 22.5 Å². The zero-order valence-electron chi connectivity index (χ0n) is 20.4. The molecule has 0 radical (unpaired) electrons. The van der Waals surface area contributed by atoms with Gasteiger partial charge in [0.1, 0.15) is 0 Å². The van der Waals surface area contributed by atoms with Crippen molar-refractivity contribution < 1.29 is 23.1 Å². The number of benzene rings is 2. The Morgan fingerprint density at radius 1 is 1.06 bits per heavy atom. The molecule has 1 heterocycles. The van der Waals surface area contributed by atoms with Crippen molar-refractivity contribution >= 4 is 5.97 Å². The largest absolute Gasteiger partial charge is 0.481 e. The van der Waals surface area contributed by atoms with Gasteiger partial charge in [0.05, 0.1) is 18.0 Å². The van der Waals surface area contributed by atoms with Crippen molar-refractivity contribution in [2.24, 2.45) is 11.8 Å². The van der Waals surface area contributed by atoms with E-state index in [1.807, 2.05) is 18.2 Å². The molecule has 2 aromatic carbocycles. The molecule has 2 aliphatic rings. The third-order valence-electron chi connectivity index (χ3n) is 7.46. The first-order valence-electron chi connectivity index (χ1n) is 12.6. The highest BCUT2D eigenvalue weighted by atomic mass is 19.4. The number of hydrogen-bond donors (Lipinski definition) is 1. The zero-order valence-corrected chi connectivity index (χ0v) is 20.4. The highest BCUT2D eigenvalue weighted by Gasteiger charge is 2.41. The SMILES string of the molecule is CC(C)CC[C@@H](c1ccc(C(F)(F)F)cc1)N1CC(c2ccccc2)C2=C1C(CC(=O)O)CCC2. The first kappa shape index (κ1) is 25.3. The van der Waals surface area contributed by atoms with E-state index in [0.717, 1.165) is 49.9 Å². The maximum atomic E-state index is 13.2. The van der Waals surface area contributed by atoms with Gasteiger partial charge in [-0.05, 0) is 66.9 Å². The van der Waals surface area contributed by atoms with Gasteiger partial charge in [-0.25, -0.2) is 0 Å². The third-order valence-corrected chi connectivity index (χ3v) is 7.46. The van der Waals surface area contributed by atoms with Crippen molar-refractivity contribution in [3.8, 4) is 0 Å². The van der Waals surface area contributed by atoms with Gasteiger partial charge in [0, 0.05) is 24.1 Å². The van der Waals surface area contributed by atoms with Gasteiger partial charge in [-0.15, -0.1) is 0 Å². The van der Waals surface area contributed by atoms with E-state index in [9.17, 15) is 23.1 Å². The summed E-state index contributed by atoms with van der Waals surface area (Å²) in [5, 5.41) is 9.65. The molecule has 0 bridgehead atoms. The summed E-state index contributed by atoms with van der Waals surface area (Å²) in [5.41, 5.74) is 3.87. The minimum Gasteiger partial charge on any atom is -0.481 e. The Kier molecular flexibility index (Phi) is 7.58. The summed E-state index contributed by atoms with van der Waals surface area (Å²) >= 11 is 0. The molecule has 3 atom stereocenters. The average Bonchev–Trinajstić information content (AvgIpc) is 3.19. The predicted octanol–water partition coefficient (Wildman–Crippen LogP) is 7.81. The van der Waals surface area contributed by atoms with Crippen LogP contribution in [0.25, 0.3) is 0 Å². The van der Waals surface area contributed by atoms with Crippen LogP contribution in [0.2, 0.25) is 0 Å². The Labute approximate surface area is 205 Å².